The first-order valence-corrected chi connectivity index (χ1v) is 20.9. The maximum Gasteiger partial charge on any atom is 0.403 e. The van der Waals surface area contributed by atoms with Crippen LogP contribution in [0.1, 0.15) is 31.2 Å². The zero-order valence-electron chi connectivity index (χ0n) is 34.8. The highest BCUT2D eigenvalue weighted by molar-refractivity contribution is 7.80. The van der Waals surface area contributed by atoms with Gasteiger partial charge in [-0.1, -0.05) is 12.1 Å². The summed E-state index contributed by atoms with van der Waals surface area (Å²) in [5.74, 6) is -7.31. The van der Waals surface area contributed by atoms with E-state index in [1.807, 2.05) is 5.32 Å². The molecule has 1 rings (SSSR count). The van der Waals surface area contributed by atoms with Gasteiger partial charge in [-0.3, -0.25) is 47.8 Å². The van der Waals surface area contributed by atoms with Crippen molar-refractivity contribution in [1.29, 1.82) is 0 Å². The van der Waals surface area contributed by atoms with E-state index in [9.17, 15) is 72.7 Å². The topological polar surface area (TPSA) is 402 Å². The van der Waals surface area contributed by atoms with E-state index in [-0.39, 0.29) is 97.2 Å². The van der Waals surface area contributed by atoms with Crippen LogP contribution in [0.4, 0.5) is 5.69 Å². The normalized spacial score (nSPS) is 13.6. The molecule has 0 heterocycles. The van der Waals surface area contributed by atoms with Crippen molar-refractivity contribution < 1.29 is 106 Å². The predicted molar refractivity (Wildman–Crippen MR) is 221 cm³/mol. The average molecular weight is 984 g/mol. The molecule has 29 nitrogen and oxygen atoms in total. The predicted octanol–water partition coefficient (Wildman–Crippen LogP) is -2.73. The van der Waals surface area contributed by atoms with E-state index < -0.39 is 94.0 Å². The second-order valence-electron chi connectivity index (χ2n) is 13.3. The molecule has 0 saturated heterocycles. The van der Waals surface area contributed by atoms with Crippen molar-refractivity contribution in [1.82, 2.24) is 30.4 Å². The smallest absolute Gasteiger partial charge is 0.403 e. The number of carboxylic acid groups (broad SMARTS) is 4. The van der Waals surface area contributed by atoms with Gasteiger partial charge in [-0.05, 0) is 49.2 Å². The van der Waals surface area contributed by atoms with Crippen molar-refractivity contribution in [3.8, 4) is 0 Å². The number of ether oxygens (including phenoxy) is 5. The number of rotatable bonds is 40. The van der Waals surface area contributed by atoms with E-state index in [4.69, 9.17) is 41.0 Å². The number of carbonyl (C=O) groups is 10. The number of anilines is 1. The van der Waals surface area contributed by atoms with Crippen LogP contribution in [-0.4, -0.2) is 191 Å². The molecule has 5 atom stereocenters. The summed E-state index contributed by atoms with van der Waals surface area (Å²) in [6, 6.07) is 0.480. The Balaban J connectivity index is 3.03. The fourth-order valence-corrected chi connectivity index (χ4v) is 6.71. The van der Waals surface area contributed by atoms with Crippen molar-refractivity contribution in [2.45, 2.75) is 56.3 Å². The van der Waals surface area contributed by atoms with Gasteiger partial charge >= 0.3 is 31.6 Å². The Morgan fingerprint density at radius 1 is 0.667 bits per heavy atom. The second-order valence-corrected chi connectivity index (χ2v) is 15.3. The van der Waals surface area contributed by atoms with Crippen LogP contribution in [-0.2, 0) is 87.1 Å². The Hall–Kier alpha value is -6.40. The van der Waals surface area contributed by atoms with Crippen molar-refractivity contribution in [3.63, 3.8) is 0 Å². The molecule has 0 aliphatic heterocycles. The molecule has 0 spiro atoms. The zero-order chi connectivity index (χ0) is 49.5. The molecule has 1 aromatic carbocycles. The monoisotopic (exact) mass is 983 g/mol. The number of thiocarbonyl (C=S) groups is 1. The van der Waals surface area contributed by atoms with E-state index in [1.165, 1.54) is 9.80 Å². The molecule has 0 aliphatic rings. The van der Waals surface area contributed by atoms with Crippen molar-refractivity contribution in [2.24, 2.45) is 0 Å². The highest BCUT2D eigenvalue weighted by atomic mass is 32.1. The molecule has 66 heavy (non-hydrogen) atoms. The molecule has 0 aliphatic carbocycles. The molecule has 1 aromatic rings. The molecule has 31 heteroatoms. The third-order valence-electron chi connectivity index (χ3n) is 8.57. The van der Waals surface area contributed by atoms with Gasteiger partial charge < -0.3 is 65.0 Å². The Morgan fingerprint density at radius 3 is 1.65 bits per heavy atom. The lowest BCUT2D eigenvalue weighted by atomic mass is 10.0. The number of amides is 1. The molecule has 0 bridgehead atoms. The standard InChI is InChI=1S/C35H50N7O22PS/c43-19-59-14-40(9-10-41(15-60-20-44)16-61-21-45)12-26(42(17-62-22-46)18-63-23-47)11-24-1-3-25(4-2-24)36-35(66)38-27(32(51)52)5-7-30(48)37-29(34(55)56)13-64-65(57,58)39-28(33(53)54)6-8-31(49)50/h1-4,19-23,26-29H,5-18H2,(H,37,48)(H,49,50)(H,51,52)(H,53,54)(H,55,56)(H2,36,38,66)(H2,39,57,58)/t26?,27-,28-,29-/m0/s1. The lowest BCUT2D eigenvalue weighted by molar-refractivity contribution is -0.147. The van der Waals surface area contributed by atoms with Gasteiger partial charge in [0.1, 0.15) is 45.7 Å². The first kappa shape index (κ1) is 57.6. The van der Waals surface area contributed by atoms with Crippen LogP contribution >= 0.6 is 20.0 Å². The van der Waals surface area contributed by atoms with Gasteiger partial charge in [-0.2, -0.15) is 0 Å². The fraction of sp³-hybridized carbons (Fsp3) is 0.514. The first-order chi connectivity index (χ1) is 31.4. The minimum atomic E-state index is -5.05. The number of carbonyl (C=O) groups excluding carboxylic acids is 6. The van der Waals surface area contributed by atoms with E-state index in [2.05, 4.69) is 15.2 Å². The number of benzene rings is 1. The molecule has 0 fully saturated rings. The highest BCUT2D eigenvalue weighted by Crippen LogP contribution is 2.38. The number of nitrogens with zero attached hydrogens (tertiary/aromatic N) is 3. The van der Waals surface area contributed by atoms with Crippen molar-refractivity contribution in [3.05, 3.63) is 29.8 Å². The van der Waals surface area contributed by atoms with Gasteiger partial charge in [0.05, 0.1) is 6.61 Å². The Bertz CT molecular complexity index is 1790. The fourth-order valence-electron chi connectivity index (χ4n) is 5.39. The van der Waals surface area contributed by atoms with Crippen molar-refractivity contribution in [2.75, 3.05) is 65.2 Å². The summed E-state index contributed by atoms with van der Waals surface area (Å²) in [6.07, 6.45) is -2.19. The van der Waals surface area contributed by atoms with Crippen LogP contribution in [0.25, 0.3) is 0 Å². The van der Waals surface area contributed by atoms with Gasteiger partial charge in [0, 0.05) is 44.2 Å². The van der Waals surface area contributed by atoms with Crippen LogP contribution in [0.5, 0.6) is 0 Å². The highest BCUT2D eigenvalue weighted by Gasteiger charge is 2.32. The maximum atomic E-state index is 12.6. The third kappa shape index (κ3) is 25.2. The summed E-state index contributed by atoms with van der Waals surface area (Å²) in [6.45, 7) is -1.23. The molecular weight excluding hydrogens is 933 g/mol. The SMILES string of the molecule is O=COCN(CCN(COC=O)CC(Cc1ccc(NC(=S)N[C@@H](CCC(=O)N[C@@H](COP(=O)(O)N[C@@H](CCC(=O)O)C(=O)O)C(=O)O)C(=O)O)cc1)N(COC=O)COC=O)COC=O. The third-order valence-corrected chi connectivity index (χ3v) is 9.93. The average Bonchev–Trinajstić information content (AvgIpc) is 3.26. The van der Waals surface area contributed by atoms with Crippen LogP contribution in [0.3, 0.4) is 0 Å². The Morgan fingerprint density at radius 2 is 1.15 bits per heavy atom. The van der Waals surface area contributed by atoms with Crippen LogP contribution < -0.4 is 21.0 Å². The first-order valence-electron chi connectivity index (χ1n) is 18.9. The van der Waals surface area contributed by atoms with Gasteiger partial charge in [0.25, 0.3) is 32.4 Å². The zero-order valence-corrected chi connectivity index (χ0v) is 36.5. The van der Waals surface area contributed by atoms with Gasteiger partial charge in [0.15, 0.2) is 11.2 Å². The summed E-state index contributed by atoms with van der Waals surface area (Å²) in [4.78, 5) is 128. The summed E-state index contributed by atoms with van der Waals surface area (Å²) >= 11 is 5.26. The minimum absolute atomic E-state index is 0.0807. The van der Waals surface area contributed by atoms with Gasteiger partial charge in [0.2, 0.25) is 5.91 Å². The Kier molecular flexibility index (Phi) is 28.2. The van der Waals surface area contributed by atoms with Gasteiger partial charge in [-0.25, -0.2) is 29.0 Å². The molecule has 0 aromatic heterocycles. The summed E-state index contributed by atoms with van der Waals surface area (Å²) in [5.41, 5.74) is 1.01. The lowest BCUT2D eigenvalue weighted by Crippen LogP contribution is -2.49. The molecule has 1 amide bonds. The van der Waals surface area contributed by atoms with Crippen LogP contribution in [0, 0.1) is 0 Å². The van der Waals surface area contributed by atoms with Crippen LogP contribution in [0.2, 0.25) is 0 Å². The largest absolute Gasteiger partial charge is 0.481 e. The van der Waals surface area contributed by atoms with Crippen LogP contribution in [0.15, 0.2) is 24.3 Å². The van der Waals surface area contributed by atoms with E-state index >= 15 is 0 Å². The number of nitrogens with one attached hydrogen (secondary N) is 4. The Labute approximate surface area is 380 Å². The summed E-state index contributed by atoms with van der Waals surface area (Å²) < 4.78 is 41.3. The summed E-state index contributed by atoms with van der Waals surface area (Å²) in [7, 11) is -5.05. The van der Waals surface area contributed by atoms with E-state index in [0.717, 1.165) is 0 Å². The molecular formula is C35H50N7O22PS. The molecule has 0 radical (unpaired) electrons. The number of carboxylic acids is 4. The molecule has 9 N–H and O–H groups in total. The van der Waals surface area contributed by atoms with E-state index in [1.54, 1.807) is 34.3 Å². The number of aliphatic carboxylic acids is 4. The molecule has 0 saturated carbocycles. The number of hydrogen-bond donors (Lipinski definition) is 9. The van der Waals surface area contributed by atoms with Crippen molar-refractivity contribution >= 4 is 92.9 Å². The summed E-state index contributed by atoms with van der Waals surface area (Å²) in [5, 5.41) is 46.0. The second kappa shape index (κ2) is 32.3. The van der Waals surface area contributed by atoms with E-state index in [0.29, 0.717) is 11.3 Å². The lowest BCUT2D eigenvalue weighted by Gasteiger charge is -2.34. The maximum absolute atomic E-state index is 12.6. The quantitative estimate of drug-likeness (QED) is 0.0106. The number of hydrogen-bond acceptors (Lipinski definition) is 21. The minimum Gasteiger partial charge on any atom is -0.481 e. The van der Waals surface area contributed by atoms with Gasteiger partial charge in [-0.15, -0.1) is 0 Å². The molecule has 368 valence electrons. The molecule has 2 unspecified atom stereocenters.